The van der Waals surface area contributed by atoms with Crippen molar-refractivity contribution in [3.63, 3.8) is 0 Å². The molecule has 0 unspecified atom stereocenters. The summed E-state index contributed by atoms with van der Waals surface area (Å²) >= 11 is 0. The normalized spacial score (nSPS) is 12.1. The Balaban J connectivity index is 0.812. The molecule has 5 heterocycles. The van der Waals surface area contributed by atoms with E-state index in [9.17, 15) is 0 Å². The standard InChI is InChI=1S/C68H41N5O/c1-2-17-46(18-3-1)71-60-28-10-7-22-54(60)56-38-42(32-35-63(56)71)43-31-34-55-53-21-6-11-29-61(53)73(64(55)39-43)62-30-14-24-49-48(23-13-25-50(49)62)44-15-12-16-45(37-44)66-68-67(70-41-69-66)57-40-47(33-36-65(57)74-68)72-58-26-8-4-19-51(58)52-20-5-9-27-59(52)72/h1-41H. The van der Waals surface area contributed by atoms with E-state index < -0.39 is 0 Å². The lowest BCUT2D eigenvalue weighted by molar-refractivity contribution is 0.667. The summed E-state index contributed by atoms with van der Waals surface area (Å²) in [4.78, 5) is 9.73. The number of aromatic nitrogens is 5. The van der Waals surface area contributed by atoms with Gasteiger partial charge in [0.05, 0.1) is 38.8 Å². The predicted octanol–water partition coefficient (Wildman–Crippen LogP) is 17.8. The maximum Gasteiger partial charge on any atom is 0.180 e. The zero-order chi connectivity index (χ0) is 48.4. The molecule has 0 aliphatic rings. The Hall–Kier alpha value is -10.0. The number of benzene rings is 11. The van der Waals surface area contributed by atoms with Gasteiger partial charge < -0.3 is 18.1 Å². The predicted molar refractivity (Wildman–Crippen MR) is 306 cm³/mol. The topological polar surface area (TPSA) is 53.7 Å². The van der Waals surface area contributed by atoms with E-state index in [0.29, 0.717) is 5.58 Å². The molecule has 0 aliphatic heterocycles. The lowest BCUT2D eigenvalue weighted by Crippen LogP contribution is -1.96. The van der Waals surface area contributed by atoms with E-state index in [4.69, 9.17) is 14.4 Å². The second-order valence-electron chi connectivity index (χ2n) is 19.3. The Morgan fingerprint density at radius 2 is 0.865 bits per heavy atom. The summed E-state index contributed by atoms with van der Waals surface area (Å²) in [5, 5.41) is 10.7. The minimum absolute atomic E-state index is 0.670. The number of rotatable bonds is 6. The summed E-state index contributed by atoms with van der Waals surface area (Å²) in [5.74, 6) is 0. The zero-order valence-electron chi connectivity index (χ0n) is 39.8. The van der Waals surface area contributed by atoms with Gasteiger partial charge in [0.1, 0.15) is 23.1 Å². The summed E-state index contributed by atoms with van der Waals surface area (Å²) in [6.07, 6.45) is 1.66. The zero-order valence-corrected chi connectivity index (χ0v) is 39.8. The molecule has 0 spiro atoms. The van der Waals surface area contributed by atoms with Crippen LogP contribution in [0.4, 0.5) is 0 Å². The minimum atomic E-state index is 0.670. The Morgan fingerprint density at radius 3 is 1.62 bits per heavy atom. The maximum absolute atomic E-state index is 6.68. The Bertz CT molecular complexity index is 4920. The fraction of sp³-hybridized carbons (Fsp3) is 0. The van der Waals surface area contributed by atoms with Crippen LogP contribution in [-0.4, -0.2) is 23.7 Å². The van der Waals surface area contributed by atoms with Gasteiger partial charge in [0.2, 0.25) is 0 Å². The third-order valence-electron chi connectivity index (χ3n) is 15.4. The van der Waals surface area contributed by atoms with E-state index >= 15 is 0 Å². The van der Waals surface area contributed by atoms with Crippen LogP contribution in [0.2, 0.25) is 0 Å². The Morgan fingerprint density at radius 1 is 0.297 bits per heavy atom. The summed E-state index contributed by atoms with van der Waals surface area (Å²) in [6, 6.07) is 87.7. The molecule has 74 heavy (non-hydrogen) atoms. The van der Waals surface area contributed by atoms with Crippen LogP contribution in [0.3, 0.4) is 0 Å². The van der Waals surface area contributed by atoms with Crippen molar-refractivity contribution in [2.24, 2.45) is 0 Å². The molecule has 16 rings (SSSR count). The summed E-state index contributed by atoms with van der Waals surface area (Å²) in [6.45, 7) is 0. The van der Waals surface area contributed by atoms with Gasteiger partial charge in [0.15, 0.2) is 5.58 Å². The van der Waals surface area contributed by atoms with Crippen molar-refractivity contribution >= 4 is 98.3 Å². The first-order valence-electron chi connectivity index (χ1n) is 25.1. The van der Waals surface area contributed by atoms with E-state index in [-0.39, 0.29) is 0 Å². The molecule has 0 aliphatic carbocycles. The van der Waals surface area contributed by atoms with Crippen molar-refractivity contribution in [2.75, 3.05) is 0 Å². The summed E-state index contributed by atoms with van der Waals surface area (Å²) < 4.78 is 13.8. The molecule has 0 saturated heterocycles. The van der Waals surface area contributed by atoms with E-state index in [2.05, 4.69) is 256 Å². The van der Waals surface area contributed by atoms with Gasteiger partial charge in [0, 0.05) is 60.0 Å². The lowest BCUT2D eigenvalue weighted by atomic mass is 9.95. The van der Waals surface area contributed by atoms with Gasteiger partial charge in [-0.1, -0.05) is 158 Å². The second-order valence-corrected chi connectivity index (χ2v) is 19.3. The van der Waals surface area contributed by atoms with Gasteiger partial charge in [-0.15, -0.1) is 0 Å². The molecule has 0 radical (unpaired) electrons. The molecule has 6 nitrogen and oxygen atoms in total. The Kier molecular flexibility index (Phi) is 8.64. The van der Waals surface area contributed by atoms with Crippen molar-refractivity contribution in [1.82, 2.24) is 23.7 Å². The van der Waals surface area contributed by atoms with Crippen molar-refractivity contribution in [3.8, 4) is 50.6 Å². The van der Waals surface area contributed by atoms with Gasteiger partial charge in [-0.2, -0.15) is 0 Å². The first kappa shape index (κ1) is 40.7. The SMILES string of the molecule is c1ccc(-n2c3ccccc3c3cc(-c4ccc5c6ccccc6n(-c6cccc7c(-c8cccc(-c9ncnc%10c9oc9ccc(-n%11c%12ccccc%12c%12ccccc%12%11)cc9%10)c8)cccc67)c5c4)ccc32)cc1. The van der Waals surface area contributed by atoms with Gasteiger partial charge in [0.25, 0.3) is 0 Å². The van der Waals surface area contributed by atoms with Crippen LogP contribution in [-0.2, 0) is 0 Å². The van der Waals surface area contributed by atoms with E-state index in [1.165, 1.54) is 70.8 Å². The highest BCUT2D eigenvalue weighted by atomic mass is 16.3. The van der Waals surface area contributed by atoms with Crippen molar-refractivity contribution in [2.45, 2.75) is 0 Å². The van der Waals surface area contributed by atoms with Crippen LogP contribution in [0, 0.1) is 0 Å². The van der Waals surface area contributed by atoms with Gasteiger partial charge in [-0.25, -0.2) is 9.97 Å². The molecule has 0 atom stereocenters. The van der Waals surface area contributed by atoms with Crippen LogP contribution >= 0.6 is 0 Å². The Labute approximate surface area is 423 Å². The molecule has 0 bridgehead atoms. The van der Waals surface area contributed by atoms with Gasteiger partial charge in [-0.05, 0) is 113 Å². The molecule has 6 heteroatoms. The number of hydrogen-bond donors (Lipinski definition) is 0. The third kappa shape index (κ3) is 5.94. The summed E-state index contributed by atoms with van der Waals surface area (Å²) in [5.41, 5.74) is 18.9. The monoisotopic (exact) mass is 943 g/mol. The second kappa shape index (κ2) is 15.7. The molecule has 344 valence electrons. The van der Waals surface area contributed by atoms with Crippen LogP contribution in [0.25, 0.3) is 149 Å². The van der Waals surface area contributed by atoms with Crippen molar-refractivity contribution < 1.29 is 4.42 Å². The quantitative estimate of drug-likeness (QED) is 0.167. The van der Waals surface area contributed by atoms with Crippen molar-refractivity contribution in [1.29, 1.82) is 0 Å². The highest BCUT2D eigenvalue weighted by molar-refractivity contribution is 6.15. The summed E-state index contributed by atoms with van der Waals surface area (Å²) in [7, 11) is 0. The third-order valence-corrected chi connectivity index (χ3v) is 15.4. The molecule has 0 amide bonds. The number of para-hydroxylation sites is 5. The highest BCUT2D eigenvalue weighted by Gasteiger charge is 2.21. The van der Waals surface area contributed by atoms with Crippen molar-refractivity contribution in [3.05, 3.63) is 249 Å². The van der Waals surface area contributed by atoms with Gasteiger partial charge >= 0.3 is 0 Å². The molecule has 0 N–H and O–H groups in total. The number of fused-ring (bicyclic) bond motifs is 13. The van der Waals surface area contributed by atoms with Crippen LogP contribution < -0.4 is 0 Å². The average Bonchev–Trinajstić information content (AvgIpc) is 4.21. The fourth-order valence-corrected chi connectivity index (χ4v) is 12.1. The molecular weight excluding hydrogens is 903 g/mol. The first-order chi connectivity index (χ1) is 36.7. The first-order valence-corrected chi connectivity index (χ1v) is 25.1. The number of nitrogens with zero attached hydrogens (tertiary/aromatic N) is 5. The maximum atomic E-state index is 6.68. The molecule has 5 aromatic heterocycles. The van der Waals surface area contributed by atoms with E-state index in [0.717, 1.165) is 72.5 Å². The minimum Gasteiger partial charge on any atom is -0.452 e. The lowest BCUT2D eigenvalue weighted by Gasteiger charge is -2.15. The molecular formula is C68H41N5O. The average molecular weight is 944 g/mol. The van der Waals surface area contributed by atoms with Crippen LogP contribution in [0.15, 0.2) is 253 Å². The highest BCUT2D eigenvalue weighted by Crippen LogP contribution is 2.42. The van der Waals surface area contributed by atoms with E-state index in [1.54, 1.807) is 6.33 Å². The molecule has 11 aromatic carbocycles. The number of furan rings is 1. The van der Waals surface area contributed by atoms with E-state index in [1.807, 2.05) is 0 Å². The molecule has 0 fully saturated rings. The van der Waals surface area contributed by atoms with Gasteiger partial charge in [-0.3, -0.25) is 0 Å². The molecule has 0 saturated carbocycles. The molecule has 16 aromatic rings. The van der Waals surface area contributed by atoms with Crippen LogP contribution in [0.1, 0.15) is 0 Å². The van der Waals surface area contributed by atoms with Crippen LogP contribution in [0.5, 0.6) is 0 Å². The fourth-order valence-electron chi connectivity index (χ4n) is 12.1. The number of hydrogen-bond acceptors (Lipinski definition) is 3. The smallest absolute Gasteiger partial charge is 0.180 e. The largest absolute Gasteiger partial charge is 0.452 e.